The zero-order valence-corrected chi connectivity index (χ0v) is 19.8. The van der Waals surface area contributed by atoms with Crippen LogP contribution < -0.4 is 20.7 Å². The molecule has 0 aliphatic heterocycles. The third kappa shape index (κ3) is 4.48. The molecule has 3 aromatic carbocycles. The monoisotopic (exact) mass is 502 g/mol. The lowest BCUT2D eigenvalue weighted by molar-refractivity contribution is -0.134. The summed E-state index contributed by atoms with van der Waals surface area (Å²) >= 11 is 6.25. The maximum Gasteiger partial charge on any atom is 0.344 e. The molecule has 36 heavy (non-hydrogen) atoms. The van der Waals surface area contributed by atoms with Crippen LogP contribution in [-0.4, -0.2) is 12.6 Å². The molecule has 0 N–H and O–H groups in total. The summed E-state index contributed by atoms with van der Waals surface area (Å²) in [7, 11) is 0. The minimum atomic E-state index is -1.01. The standard InChI is InChI=1S/C28H19ClO7/c1-2-33-22-10-6-9-17-13-21(27(31)36-26(17)22)20-15-24(30)35-23-14-18(11-12-19(20)23)34-28(32)25(29)16-7-4-3-5-8-16/h3-15,25H,2H2,1H3. The van der Waals surface area contributed by atoms with E-state index in [0.717, 1.165) is 0 Å². The Balaban J connectivity index is 1.54. The van der Waals surface area contributed by atoms with Crippen LogP contribution in [0.1, 0.15) is 17.9 Å². The van der Waals surface area contributed by atoms with Gasteiger partial charge in [-0.05, 0) is 36.8 Å². The van der Waals surface area contributed by atoms with Crippen molar-refractivity contribution in [2.24, 2.45) is 0 Å². The van der Waals surface area contributed by atoms with Gasteiger partial charge in [0.2, 0.25) is 0 Å². The lowest BCUT2D eigenvalue weighted by atomic mass is 10.0. The summed E-state index contributed by atoms with van der Waals surface area (Å²) < 4.78 is 21.9. The third-order valence-electron chi connectivity index (χ3n) is 5.55. The van der Waals surface area contributed by atoms with E-state index in [0.29, 0.717) is 39.8 Å². The number of para-hydroxylation sites is 1. The first-order valence-electron chi connectivity index (χ1n) is 11.1. The van der Waals surface area contributed by atoms with Crippen LogP contribution >= 0.6 is 11.6 Å². The number of ether oxygens (including phenoxy) is 2. The third-order valence-corrected chi connectivity index (χ3v) is 5.98. The van der Waals surface area contributed by atoms with E-state index in [1.165, 1.54) is 18.2 Å². The van der Waals surface area contributed by atoms with Crippen LogP contribution in [0.25, 0.3) is 33.1 Å². The molecule has 5 aromatic rings. The summed E-state index contributed by atoms with van der Waals surface area (Å²) in [6.07, 6.45) is 0. The highest BCUT2D eigenvalue weighted by molar-refractivity contribution is 6.30. The topological polar surface area (TPSA) is 96.0 Å². The molecule has 0 aliphatic rings. The molecule has 0 radical (unpaired) electrons. The zero-order chi connectivity index (χ0) is 25.2. The van der Waals surface area contributed by atoms with Gasteiger partial charge < -0.3 is 18.3 Å². The van der Waals surface area contributed by atoms with E-state index in [4.69, 9.17) is 29.9 Å². The van der Waals surface area contributed by atoms with Gasteiger partial charge in [-0.2, -0.15) is 0 Å². The summed E-state index contributed by atoms with van der Waals surface area (Å²) in [4.78, 5) is 37.8. The number of halogens is 1. The van der Waals surface area contributed by atoms with Crippen molar-refractivity contribution in [2.75, 3.05) is 6.61 Å². The molecule has 1 unspecified atom stereocenters. The van der Waals surface area contributed by atoms with Gasteiger partial charge in [-0.1, -0.05) is 42.5 Å². The molecule has 0 fully saturated rings. The zero-order valence-electron chi connectivity index (χ0n) is 19.0. The van der Waals surface area contributed by atoms with E-state index in [1.807, 2.05) is 13.0 Å². The molecule has 0 amide bonds. The number of rotatable bonds is 6. The molecule has 8 heteroatoms. The number of carbonyl (C=O) groups excluding carboxylic acids is 1. The summed E-state index contributed by atoms with van der Waals surface area (Å²) in [5, 5.41) is 0.0908. The van der Waals surface area contributed by atoms with Crippen LogP contribution in [0, 0.1) is 0 Å². The number of carbonyl (C=O) groups is 1. The first-order chi connectivity index (χ1) is 17.4. The molecule has 2 aromatic heterocycles. The Kier molecular flexibility index (Phi) is 6.31. The average Bonchev–Trinajstić information content (AvgIpc) is 2.88. The summed E-state index contributed by atoms with van der Waals surface area (Å²) in [6, 6.07) is 21.5. The van der Waals surface area contributed by atoms with Crippen molar-refractivity contribution < 1.29 is 23.1 Å². The Morgan fingerprint density at radius 1 is 0.917 bits per heavy atom. The van der Waals surface area contributed by atoms with E-state index in [2.05, 4.69) is 0 Å². The van der Waals surface area contributed by atoms with Crippen LogP contribution in [0.5, 0.6) is 11.5 Å². The number of alkyl halides is 1. The van der Waals surface area contributed by atoms with Gasteiger partial charge in [0.05, 0.1) is 12.2 Å². The average molecular weight is 503 g/mol. The molecule has 0 bridgehead atoms. The quantitative estimate of drug-likeness (QED) is 0.124. The van der Waals surface area contributed by atoms with Gasteiger partial charge in [0.15, 0.2) is 16.7 Å². The van der Waals surface area contributed by atoms with Gasteiger partial charge in [-0.3, -0.25) is 0 Å². The van der Waals surface area contributed by atoms with Gasteiger partial charge >= 0.3 is 17.2 Å². The summed E-state index contributed by atoms with van der Waals surface area (Å²) in [5.41, 5.74) is 0.252. The van der Waals surface area contributed by atoms with Crippen LogP contribution in [0.15, 0.2) is 97.3 Å². The van der Waals surface area contributed by atoms with E-state index < -0.39 is 22.6 Å². The molecule has 5 rings (SSSR count). The fourth-order valence-corrected chi connectivity index (χ4v) is 4.12. The maximum atomic E-state index is 12.9. The Bertz CT molecular complexity index is 1700. The van der Waals surface area contributed by atoms with Gasteiger partial charge in [-0.15, -0.1) is 11.6 Å². The van der Waals surface area contributed by atoms with Crippen LogP contribution in [-0.2, 0) is 4.79 Å². The van der Waals surface area contributed by atoms with Crippen molar-refractivity contribution in [3.8, 4) is 22.6 Å². The largest absolute Gasteiger partial charge is 0.490 e. The molecule has 2 heterocycles. The van der Waals surface area contributed by atoms with E-state index in [1.54, 1.807) is 54.6 Å². The van der Waals surface area contributed by atoms with E-state index in [-0.39, 0.29) is 16.9 Å². The summed E-state index contributed by atoms with van der Waals surface area (Å²) in [5.74, 6) is -0.0853. The lowest BCUT2D eigenvalue weighted by Gasteiger charge is -2.11. The van der Waals surface area contributed by atoms with Crippen LogP contribution in [0.4, 0.5) is 0 Å². The fourth-order valence-electron chi connectivity index (χ4n) is 3.93. The van der Waals surface area contributed by atoms with Crippen molar-refractivity contribution >= 4 is 39.5 Å². The van der Waals surface area contributed by atoms with Gasteiger partial charge in [0, 0.05) is 28.5 Å². The molecule has 7 nitrogen and oxygen atoms in total. The number of hydrogen-bond donors (Lipinski definition) is 0. The second kappa shape index (κ2) is 9.71. The first kappa shape index (κ1) is 23.4. The van der Waals surface area contributed by atoms with Crippen molar-refractivity contribution in [1.82, 2.24) is 0 Å². The lowest BCUT2D eigenvalue weighted by Crippen LogP contribution is -2.14. The molecule has 180 valence electrons. The Labute approximate surface area is 209 Å². The highest BCUT2D eigenvalue weighted by atomic mass is 35.5. The van der Waals surface area contributed by atoms with E-state index in [9.17, 15) is 14.4 Å². The number of fused-ring (bicyclic) bond motifs is 2. The van der Waals surface area contributed by atoms with E-state index >= 15 is 0 Å². The number of benzene rings is 3. The predicted molar refractivity (Wildman–Crippen MR) is 136 cm³/mol. The Hall–Kier alpha value is -4.36. The first-order valence-corrected chi connectivity index (χ1v) is 11.6. The van der Waals surface area contributed by atoms with Crippen molar-refractivity contribution in [3.63, 3.8) is 0 Å². The number of esters is 1. The van der Waals surface area contributed by atoms with Crippen LogP contribution in [0.2, 0.25) is 0 Å². The van der Waals surface area contributed by atoms with Crippen molar-refractivity contribution in [3.05, 3.63) is 105 Å². The van der Waals surface area contributed by atoms with Gasteiger partial charge in [0.25, 0.3) is 0 Å². The fraction of sp³-hybridized carbons (Fsp3) is 0.107. The van der Waals surface area contributed by atoms with Crippen molar-refractivity contribution in [1.29, 1.82) is 0 Å². The van der Waals surface area contributed by atoms with Crippen molar-refractivity contribution in [2.45, 2.75) is 12.3 Å². The van der Waals surface area contributed by atoms with Gasteiger partial charge in [0.1, 0.15) is 11.3 Å². The summed E-state index contributed by atoms with van der Waals surface area (Å²) in [6.45, 7) is 2.25. The molecule has 0 saturated heterocycles. The molecular formula is C28H19ClO7. The maximum absolute atomic E-state index is 12.9. The Morgan fingerprint density at radius 3 is 2.50 bits per heavy atom. The van der Waals surface area contributed by atoms with Gasteiger partial charge in [-0.25, -0.2) is 14.4 Å². The molecular weight excluding hydrogens is 484 g/mol. The molecule has 0 spiro atoms. The number of hydrogen-bond acceptors (Lipinski definition) is 7. The minimum absolute atomic E-state index is 0.135. The highest BCUT2D eigenvalue weighted by Gasteiger charge is 2.21. The highest BCUT2D eigenvalue weighted by Crippen LogP contribution is 2.32. The normalized spacial score (nSPS) is 11.9. The minimum Gasteiger partial charge on any atom is -0.490 e. The molecule has 1 atom stereocenters. The Morgan fingerprint density at radius 2 is 1.72 bits per heavy atom. The smallest absolute Gasteiger partial charge is 0.344 e. The molecule has 0 saturated carbocycles. The second-order valence-electron chi connectivity index (χ2n) is 7.89. The van der Waals surface area contributed by atoms with Crippen LogP contribution in [0.3, 0.4) is 0 Å². The predicted octanol–water partition coefficient (Wildman–Crippen LogP) is 5.85. The second-order valence-corrected chi connectivity index (χ2v) is 8.32. The molecule has 0 aliphatic carbocycles. The SMILES string of the molecule is CCOc1cccc2cc(-c3cc(=O)oc4cc(OC(=O)C(Cl)c5ccccc5)ccc34)c(=O)oc12.